The summed E-state index contributed by atoms with van der Waals surface area (Å²) >= 11 is 0. The van der Waals surface area contributed by atoms with Gasteiger partial charge in [0.2, 0.25) is 0 Å². The minimum Gasteiger partial charge on any atom is -0.322 e. The lowest BCUT2D eigenvalue weighted by Crippen LogP contribution is -2.17. The Morgan fingerprint density at radius 1 is 1.14 bits per heavy atom. The topological polar surface area (TPSA) is 43.8 Å². The number of benzene rings is 2. The first-order valence-corrected chi connectivity index (χ1v) is 7.65. The summed E-state index contributed by atoms with van der Waals surface area (Å²) < 4.78 is 16.0. The Morgan fingerprint density at radius 3 is 2.64 bits per heavy atom. The molecular weight excluding hydrogens is 277 g/mol. The number of nitrogens with zero attached hydrogens (tertiary/aromatic N) is 2. The average molecular weight is 297 g/mol. The number of imidazole rings is 1. The summed E-state index contributed by atoms with van der Waals surface area (Å²) in [5.74, 6) is 0.626. The molecule has 3 aromatic rings. The summed E-state index contributed by atoms with van der Waals surface area (Å²) in [5.41, 5.74) is 8.83. The Balaban J connectivity index is 2.09. The average Bonchev–Trinajstić information content (AvgIpc) is 2.89. The fraction of sp³-hybridized carbons (Fsp3) is 0.278. The number of halogens is 1. The fourth-order valence-corrected chi connectivity index (χ4v) is 2.78. The molecule has 2 aromatic carbocycles. The van der Waals surface area contributed by atoms with Gasteiger partial charge in [-0.15, -0.1) is 0 Å². The zero-order valence-corrected chi connectivity index (χ0v) is 12.7. The molecule has 22 heavy (non-hydrogen) atoms. The minimum atomic E-state index is -0.199. The van der Waals surface area contributed by atoms with Crippen LogP contribution in [0.15, 0.2) is 48.5 Å². The molecule has 0 bridgehead atoms. The largest absolute Gasteiger partial charge is 0.322 e. The van der Waals surface area contributed by atoms with Gasteiger partial charge >= 0.3 is 0 Å². The van der Waals surface area contributed by atoms with E-state index in [1.165, 1.54) is 6.07 Å². The van der Waals surface area contributed by atoms with Crippen molar-refractivity contribution in [1.29, 1.82) is 0 Å². The Kier molecular flexibility index (Phi) is 4.20. The van der Waals surface area contributed by atoms with Gasteiger partial charge in [0.1, 0.15) is 11.6 Å². The fourth-order valence-electron chi connectivity index (χ4n) is 2.78. The van der Waals surface area contributed by atoms with Gasteiger partial charge in [-0.25, -0.2) is 9.37 Å². The van der Waals surface area contributed by atoms with Crippen molar-refractivity contribution in [3.63, 3.8) is 0 Å². The molecule has 1 atom stereocenters. The molecule has 0 amide bonds. The molecule has 114 valence electrons. The van der Waals surface area contributed by atoms with E-state index in [1.54, 1.807) is 12.1 Å². The molecule has 0 saturated heterocycles. The van der Waals surface area contributed by atoms with Crippen LogP contribution < -0.4 is 5.73 Å². The highest BCUT2D eigenvalue weighted by molar-refractivity contribution is 5.76. The van der Waals surface area contributed by atoms with Crippen molar-refractivity contribution < 1.29 is 4.39 Å². The predicted molar refractivity (Wildman–Crippen MR) is 87.1 cm³/mol. The van der Waals surface area contributed by atoms with E-state index in [1.807, 2.05) is 34.9 Å². The van der Waals surface area contributed by atoms with Gasteiger partial charge in [-0.1, -0.05) is 43.7 Å². The lowest BCUT2D eigenvalue weighted by Gasteiger charge is -2.14. The van der Waals surface area contributed by atoms with Crippen molar-refractivity contribution in [3.8, 4) is 0 Å². The number of aromatic nitrogens is 2. The van der Waals surface area contributed by atoms with Crippen LogP contribution >= 0.6 is 0 Å². The first kappa shape index (κ1) is 14.7. The van der Waals surface area contributed by atoms with Crippen LogP contribution in [0.5, 0.6) is 0 Å². The Labute approximate surface area is 129 Å². The second kappa shape index (κ2) is 6.28. The van der Waals surface area contributed by atoms with E-state index in [4.69, 9.17) is 5.73 Å². The summed E-state index contributed by atoms with van der Waals surface area (Å²) in [5, 5.41) is 0. The molecule has 0 radical (unpaired) electrons. The zero-order valence-electron chi connectivity index (χ0n) is 12.7. The van der Waals surface area contributed by atoms with Crippen molar-refractivity contribution in [1.82, 2.24) is 9.55 Å². The van der Waals surface area contributed by atoms with Gasteiger partial charge in [0.05, 0.1) is 23.6 Å². The molecule has 0 aliphatic carbocycles. The highest BCUT2D eigenvalue weighted by Crippen LogP contribution is 2.24. The molecule has 1 heterocycles. The van der Waals surface area contributed by atoms with Crippen LogP contribution in [0.4, 0.5) is 4.39 Å². The van der Waals surface area contributed by atoms with Gasteiger partial charge in [-0.3, -0.25) is 0 Å². The molecule has 0 aliphatic heterocycles. The quantitative estimate of drug-likeness (QED) is 0.773. The van der Waals surface area contributed by atoms with Gasteiger partial charge in [0.15, 0.2) is 0 Å². The van der Waals surface area contributed by atoms with E-state index in [2.05, 4.69) is 11.9 Å². The smallest absolute Gasteiger partial charge is 0.128 e. The maximum atomic E-state index is 14.0. The standard InChI is InChI=1S/C18H20FN3/c1-2-7-15(20)18-21-16-10-5-6-11-17(16)22(18)12-13-8-3-4-9-14(13)19/h3-6,8-11,15H,2,7,12,20H2,1H3. The van der Waals surface area contributed by atoms with Gasteiger partial charge in [-0.2, -0.15) is 0 Å². The summed E-state index contributed by atoms with van der Waals surface area (Å²) in [6, 6.07) is 14.6. The Bertz CT molecular complexity index is 779. The first-order valence-electron chi connectivity index (χ1n) is 7.65. The van der Waals surface area contributed by atoms with Gasteiger partial charge < -0.3 is 10.3 Å². The number of rotatable bonds is 5. The van der Waals surface area contributed by atoms with Crippen LogP contribution in [0.3, 0.4) is 0 Å². The zero-order chi connectivity index (χ0) is 15.5. The van der Waals surface area contributed by atoms with Crippen LogP contribution in [-0.4, -0.2) is 9.55 Å². The predicted octanol–water partition coefficient (Wildman–Crippen LogP) is 4.02. The summed E-state index contributed by atoms with van der Waals surface area (Å²) in [4.78, 5) is 4.67. The summed E-state index contributed by atoms with van der Waals surface area (Å²) in [7, 11) is 0. The summed E-state index contributed by atoms with van der Waals surface area (Å²) in [6.07, 6.45) is 1.85. The van der Waals surface area contributed by atoms with Crippen LogP contribution in [-0.2, 0) is 6.54 Å². The second-order valence-corrected chi connectivity index (χ2v) is 5.53. The van der Waals surface area contributed by atoms with E-state index in [0.29, 0.717) is 12.1 Å². The van der Waals surface area contributed by atoms with Gasteiger partial charge in [0, 0.05) is 5.56 Å². The maximum absolute atomic E-state index is 14.0. The number of hydrogen-bond acceptors (Lipinski definition) is 2. The number of para-hydroxylation sites is 2. The van der Waals surface area contributed by atoms with Crippen LogP contribution in [0.2, 0.25) is 0 Å². The number of fused-ring (bicyclic) bond motifs is 1. The van der Waals surface area contributed by atoms with Crippen LogP contribution in [0.25, 0.3) is 11.0 Å². The molecule has 1 aromatic heterocycles. The van der Waals surface area contributed by atoms with E-state index in [0.717, 1.165) is 29.7 Å². The molecule has 0 saturated carbocycles. The monoisotopic (exact) mass is 297 g/mol. The molecule has 4 heteroatoms. The third kappa shape index (κ3) is 2.74. The molecule has 0 aliphatic rings. The Hall–Kier alpha value is -2.20. The molecule has 0 spiro atoms. The van der Waals surface area contributed by atoms with E-state index in [-0.39, 0.29) is 11.9 Å². The van der Waals surface area contributed by atoms with E-state index in [9.17, 15) is 4.39 Å². The third-order valence-electron chi connectivity index (χ3n) is 3.90. The van der Waals surface area contributed by atoms with Crippen LogP contribution in [0, 0.1) is 5.82 Å². The van der Waals surface area contributed by atoms with Gasteiger partial charge in [-0.05, 0) is 24.6 Å². The normalized spacial score (nSPS) is 12.7. The molecule has 0 fully saturated rings. The third-order valence-corrected chi connectivity index (χ3v) is 3.90. The first-order chi connectivity index (χ1) is 10.7. The second-order valence-electron chi connectivity index (χ2n) is 5.53. The van der Waals surface area contributed by atoms with Crippen molar-refractivity contribution in [2.24, 2.45) is 5.73 Å². The number of nitrogens with two attached hydrogens (primary N) is 1. The summed E-state index contributed by atoms with van der Waals surface area (Å²) in [6.45, 7) is 2.55. The highest BCUT2D eigenvalue weighted by Gasteiger charge is 2.17. The SMILES string of the molecule is CCCC(N)c1nc2ccccc2n1Cc1ccccc1F. The maximum Gasteiger partial charge on any atom is 0.128 e. The lowest BCUT2D eigenvalue weighted by molar-refractivity contribution is 0.558. The van der Waals surface area contributed by atoms with Gasteiger partial charge in [0.25, 0.3) is 0 Å². The molecule has 3 rings (SSSR count). The van der Waals surface area contributed by atoms with Crippen molar-refractivity contribution in [2.45, 2.75) is 32.4 Å². The van der Waals surface area contributed by atoms with Crippen molar-refractivity contribution in [2.75, 3.05) is 0 Å². The van der Waals surface area contributed by atoms with Crippen molar-refractivity contribution >= 4 is 11.0 Å². The molecule has 2 N–H and O–H groups in total. The number of hydrogen-bond donors (Lipinski definition) is 1. The molecular formula is C18H20FN3. The molecule has 1 unspecified atom stereocenters. The molecule has 3 nitrogen and oxygen atoms in total. The van der Waals surface area contributed by atoms with E-state index >= 15 is 0 Å². The highest BCUT2D eigenvalue weighted by atomic mass is 19.1. The Morgan fingerprint density at radius 2 is 1.86 bits per heavy atom. The lowest BCUT2D eigenvalue weighted by atomic mass is 10.1. The van der Waals surface area contributed by atoms with Crippen LogP contribution in [0.1, 0.15) is 37.2 Å². The van der Waals surface area contributed by atoms with E-state index < -0.39 is 0 Å². The minimum absolute atomic E-state index is 0.135. The van der Waals surface area contributed by atoms with Crippen molar-refractivity contribution in [3.05, 3.63) is 65.7 Å².